The standard InChI is InChI=1S/C13H13F3N2O.C11H13N3O.C9H16N2O/c1-11(2,3)10(19)8-4-6-9(7-5-8)12(17-18-12)13(14,15)16;1-11(2,3)10(15)8-4-6-9(7-5-8)13-14-12;1-8(2,3)7(12)5-6-9(4)10-11-9/h4-7H,1-3H3;4-7H,1-3H3;5-6H2,1-4H3. The summed E-state index contributed by atoms with van der Waals surface area (Å²) in [5.74, 6) is 0.251. The van der Waals surface area contributed by atoms with Crippen LogP contribution in [0.4, 0.5) is 18.9 Å². The van der Waals surface area contributed by atoms with Gasteiger partial charge in [-0.3, -0.25) is 14.4 Å². The normalized spacial score (nSPS) is 15.7. The first kappa shape index (κ1) is 37.9. The summed E-state index contributed by atoms with van der Waals surface area (Å²) in [6, 6.07) is 11.9. The molecule has 0 aliphatic carbocycles. The summed E-state index contributed by atoms with van der Waals surface area (Å²) in [7, 11) is 0. The monoisotopic (exact) mass is 641 g/mol. The van der Waals surface area contributed by atoms with Crippen LogP contribution < -0.4 is 0 Å². The zero-order valence-electron chi connectivity index (χ0n) is 28.0. The highest BCUT2D eigenvalue weighted by atomic mass is 19.4. The van der Waals surface area contributed by atoms with Crippen LogP contribution in [-0.2, 0) is 10.5 Å². The van der Waals surface area contributed by atoms with E-state index in [0.29, 0.717) is 29.0 Å². The van der Waals surface area contributed by atoms with Crippen LogP contribution in [0.3, 0.4) is 0 Å². The van der Waals surface area contributed by atoms with Crippen molar-refractivity contribution < 1.29 is 27.6 Å². The summed E-state index contributed by atoms with van der Waals surface area (Å²) in [5, 5.41) is 17.4. The number of Topliss-reactive ketones (excluding diaryl/α,β-unsaturated/α-hetero) is 3. The fourth-order valence-corrected chi connectivity index (χ4v) is 3.80. The highest BCUT2D eigenvalue weighted by molar-refractivity contribution is 6.00. The molecular formula is C33H42F3N7O3. The first-order valence-electron chi connectivity index (χ1n) is 14.7. The van der Waals surface area contributed by atoms with E-state index in [1.807, 2.05) is 48.5 Å². The lowest BCUT2D eigenvalue weighted by molar-refractivity contribution is -0.166. The lowest BCUT2D eigenvalue weighted by atomic mass is 9.86. The summed E-state index contributed by atoms with van der Waals surface area (Å²) >= 11 is 0. The Morgan fingerprint density at radius 3 is 1.43 bits per heavy atom. The van der Waals surface area contributed by atoms with Gasteiger partial charge in [0.05, 0.1) is 0 Å². The molecule has 0 radical (unpaired) electrons. The van der Waals surface area contributed by atoms with E-state index in [2.05, 4.69) is 30.5 Å². The van der Waals surface area contributed by atoms with Crippen molar-refractivity contribution in [3.63, 3.8) is 0 Å². The van der Waals surface area contributed by atoms with Crippen LogP contribution >= 0.6 is 0 Å². The van der Waals surface area contributed by atoms with Gasteiger partial charge in [-0.25, -0.2) is 0 Å². The number of hydrogen-bond acceptors (Lipinski definition) is 8. The van der Waals surface area contributed by atoms with E-state index in [4.69, 9.17) is 5.53 Å². The highest BCUT2D eigenvalue weighted by Gasteiger charge is 2.65. The van der Waals surface area contributed by atoms with E-state index in [1.165, 1.54) is 24.3 Å². The van der Waals surface area contributed by atoms with Crippen molar-refractivity contribution in [2.45, 2.75) is 99.6 Å². The molecule has 0 atom stereocenters. The molecule has 10 nitrogen and oxygen atoms in total. The van der Waals surface area contributed by atoms with Crippen LogP contribution in [-0.4, -0.2) is 29.2 Å². The SMILES string of the molecule is CC(C)(C)C(=O)c1ccc(C2(C(F)(F)F)N=N2)cc1.CC(C)(C)C(=O)c1ccc(N=[N+]=[N-])cc1.CC1(CCC(=O)C(C)(C)C)N=N1. The molecule has 2 aliphatic rings. The predicted octanol–water partition coefficient (Wildman–Crippen LogP) is 10.5. The van der Waals surface area contributed by atoms with Crippen LogP contribution in [0.15, 0.2) is 74.1 Å². The minimum Gasteiger partial charge on any atom is -0.299 e. The molecular weight excluding hydrogens is 599 g/mol. The topological polar surface area (TPSA) is 149 Å². The number of carbonyl (C=O) groups is 3. The molecule has 0 fully saturated rings. The van der Waals surface area contributed by atoms with Crippen molar-refractivity contribution in [2.75, 3.05) is 0 Å². The van der Waals surface area contributed by atoms with Gasteiger partial charge in [0.2, 0.25) is 0 Å². The molecule has 2 aliphatic heterocycles. The van der Waals surface area contributed by atoms with Crippen LogP contribution in [0, 0.1) is 16.2 Å². The van der Waals surface area contributed by atoms with Crippen molar-refractivity contribution >= 4 is 23.0 Å². The van der Waals surface area contributed by atoms with Crippen molar-refractivity contribution in [1.29, 1.82) is 0 Å². The van der Waals surface area contributed by atoms with Crippen molar-refractivity contribution in [3.8, 4) is 0 Å². The van der Waals surface area contributed by atoms with Crippen molar-refractivity contribution in [1.82, 2.24) is 0 Å². The Morgan fingerprint density at radius 1 is 0.717 bits per heavy atom. The number of ketones is 3. The summed E-state index contributed by atoms with van der Waals surface area (Å²) in [6.07, 6.45) is -3.18. The Balaban J connectivity index is 0.000000247. The zero-order chi connectivity index (χ0) is 35.4. The Kier molecular flexibility index (Phi) is 11.2. The number of carbonyl (C=O) groups excluding carboxylic acids is 3. The second-order valence-electron chi connectivity index (χ2n) is 14.4. The number of azide groups is 1. The van der Waals surface area contributed by atoms with Crippen molar-refractivity contribution in [3.05, 3.63) is 75.7 Å². The maximum atomic E-state index is 12.8. The molecule has 0 N–H and O–H groups in total. The summed E-state index contributed by atoms with van der Waals surface area (Å²) in [5.41, 5.74) is 5.87. The summed E-state index contributed by atoms with van der Waals surface area (Å²) in [4.78, 5) is 37.9. The Labute approximate surface area is 267 Å². The summed E-state index contributed by atoms with van der Waals surface area (Å²) in [6.45, 7) is 18.7. The second kappa shape index (κ2) is 13.6. The van der Waals surface area contributed by atoms with Crippen molar-refractivity contribution in [2.24, 2.45) is 41.8 Å². The molecule has 0 bridgehead atoms. The maximum absolute atomic E-state index is 12.8. The third kappa shape index (κ3) is 10.4. The highest BCUT2D eigenvalue weighted by Crippen LogP contribution is 2.52. The molecule has 0 saturated carbocycles. The second-order valence-corrected chi connectivity index (χ2v) is 14.4. The molecule has 46 heavy (non-hydrogen) atoms. The quantitative estimate of drug-likeness (QED) is 0.128. The van der Waals surface area contributed by atoms with E-state index >= 15 is 0 Å². The molecule has 0 saturated heterocycles. The minimum atomic E-state index is -4.54. The molecule has 2 aromatic carbocycles. The number of alkyl halides is 3. The van der Waals surface area contributed by atoms with E-state index in [1.54, 1.807) is 45.0 Å². The third-order valence-corrected chi connectivity index (χ3v) is 7.00. The first-order chi connectivity index (χ1) is 20.9. The smallest absolute Gasteiger partial charge is 0.299 e. The molecule has 248 valence electrons. The van der Waals surface area contributed by atoms with Gasteiger partial charge in [0, 0.05) is 56.4 Å². The first-order valence-corrected chi connectivity index (χ1v) is 14.7. The van der Waals surface area contributed by atoms with Gasteiger partial charge in [-0.05, 0) is 12.5 Å². The minimum absolute atomic E-state index is 0.0644. The number of hydrogen-bond donors (Lipinski definition) is 0. The van der Waals surface area contributed by atoms with E-state index in [-0.39, 0.29) is 33.6 Å². The van der Waals surface area contributed by atoms with E-state index in [9.17, 15) is 27.6 Å². The van der Waals surface area contributed by atoms with Crippen LogP contribution in [0.5, 0.6) is 0 Å². The Morgan fingerprint density at radius 2 is 1.13 bits per heavy atom. The molecule has 0 amide bonds. The fraction of sp³-hybridized carbons (Fsp3) is 0.545. The van der Waals surface area contributed by atoms with Crippen LogP contribution in [0.1, 0.15) is 108 Å². The number of benzene rings is 2. The molecule has 0 spiro atoms. The Hall–Kier alpha value is -4.25. The molecule has 13 heteroatoms. The third-order valence-electron chi connectivity index (χ3n) is 7.00. The molecule has 0 aromatic heterocycles. The number of halogens is 3. The van der Waals surface area contributed by atoms with Gasteiger partial charge in [-0.15, -0.1) is 10.2 Å². The fourth-order valence-electron chi connectivity index (χ4n) is 3.80. The van der Waals surface area contributed by atoms with Gasteiger partial charge in [0.15, 0.2) is 17.2 Å². The number of rotatable bonds is 7. The lowest BCUT2D eigenvalue weighted by Crippen LogP contribution is -2.30. The molecule has 2 heterocycles. The average Bonchev–Trinajstić information content (AvgIpc) is 3.88. The van der Waals surface area contributed by atoms with E-state index < -0.39 is 17.3 Å². The predicted molar refractivity (Wildman–Crippen MR) is 169 cm³/mol. The molecule has 0 unspecified atom stereocenters. The molecule has 2 aromatic rings. The van der Waals surface area contributed by atoms with Gasteiger partial charge in [-0.1, -0.05) is 116 Å². The molecule has 4 rings (SSSR count). The van der Waals surface area contributed by atoms with Gasteiger partial charge < -0.3 is 0 Å². The van der Waals surface area contributed by atoms with Gasteiger partial charge in [0.25, 0.3) is 0 Å². The largest absolute Gasteiger partial charge is 0.442 e. The van der Waals surface area contributed by atoms with Crippen LogP contribution in [0.2, 0.25) is 0 Å². The van der Waals surface area contributed by atoms with E-state index in [0.717, 1.165) is 6.42 Å². The van der Waals surface area contributed by atoms with Crippen LogP contribution in [0.25, 0.3) is 10.4 Å². The maximum Gasteiger partial charge on any atom is 0.442 e. The van der Waals surface area contributed by atoms with Gasteiger partial charge in [-0.2, -0.15) is 23.4 Å². The van der Waals surface area contributed by atoms with Gasteiger partial charge in [0.1, 0.15) is 5.78 Å². The lowest BCUT2D eigenvalue weighted by Gasteiger charge is -2.18. The number of nitrogens with zero attached hydrogens (tertiary/aromatic N) is 7. The average molecular weight is 642 g/mol. The zero-order valence-corrected chi connectivity index (χ0v) is 28.0. The summed E-state index contributed by atoms with van der Waals surface area (Å²) < 4.78 is 38.3. The van der Waals surface area contributed by atoms with Gasteiger partial charge >= 0.3 is 11.8 Å². The Bertz CT molecular complexity index is 1520.